The Labute approximate surface area is 326 Å². The first-order chi connectivity index (χ1) is 26.8. The standard InChI is InChI=1S/C42H50N8O6/c1-21(2)35(47-41(53)56-6)39(51)49-31-15-27(31)17-33(49)37-43-19-29(45-37)25-11-7-23(8-12-25)24-9-13-26(14-10-24)30-20-44-38(46-30)34-18-28-16-32(28)50(34)40(52)36(22(3)4)48(5)42(54)55/h7-14,19-22,27-28,31-36H,15-18H2,1-6H3,(H,43,45)(H,44,46)(H,47,53)(H,54,55)/t27?,28-,31-,32-,33-,34-,35+,36+/m1/s1. The van der Waals surface area contributed by atoms with Crippen molar-refractivity contribution in [3.8, 4) is 33.6 Å². The minimum atomic E-state index is -1.11. The van der Waals surface area contributed by atoms with Gasteiger partial charge in [-0.1, -0.05) is 76.2 Å². The summed E-state index contributed by atoms with van der Waals surface area (Å²) in [4.78, 5) is 72.7. The summed E-state index contributed by atoms with van der Waals surface area (Å²) < 4.78 is 4.79. The number of hydrogen-bond donors (Lipinski definition) is 4. The Morgan fingerprint density at radius 1 is 0.732 bits per heavy atom. The van der Waals surface area contributed by atoms with E-state index in [1.165, 1.54) is 14.2 Å². The second-order valence-corrected chi connectivity index (χ2v) is 16.6. The molecule has 4 fully saturated rings. The zero-order valence-corrected chi connectivity index (χ0v) is 32.6. The lowest BCUT2D eigenvalue weighted by Gasteiger charge is -2.35. The smallest absolute Gasteiger partial charge is 0.407 e. The molecule has 2 aromatic carbocycles. The van der Waals surface area contributed by atoms with Gasteiger partial charge in [-0.05, 0) is 71.6 Å². The highest BCUT2D eigenvalue weighted by molar-refractivity contribution is 5.88. The number of piperidine rings is 2. The molecule has 0 radical (unpaired) electrons. The number of likely N-dealkylation sites (N-methyl/N-ethyl adjacent to an activating group) is 1. The number of rotatable bonds is 11. The van der Waals surface area contributed by atoms with E-state index in [1.54, 1.807) is 6.20 Å². The lowest BCUT2D eigenvalue weighted by Crippen LogP contribution is -2.52. The van der Waals surface area contributed by atoms with Crippen LogP contribution in [0.5, 0.6) is 0 Å². The lowest BCUT2D eigenvalue weighted by molar-refractivity contribution is -0.140. The van der Waals surface area contributed by atoms with Crippen LogP contribution in [0.3, 0.4) is 0 Å². The van der Waals surface area contributed by atoms with Crippen LogP contribution in [-0.2, 0) is 14.3 Å². The number of aromatic amines is 2. The number of nitrogens with one attached hydrogen (secondary N) is 3. The highest BCUT2D eigenvalue weighted by Gasteiger charge is 2.57. The number of carboxylic acid groups (broad SMARTS) is 1. The number of hydrogen-bond acceptors (Lipinski definition) is 7. The quantitative estimate of drug-likeness (QED) is 0.134. The summed E-state index contributed by atoms with van der Waals surface area (Å²) >= 11 is 0. The number of imidazole rings is 2. The SMILES string of the molecule is COC(=O)N[C@H](C(=O)N1[C@@H](c2ncc(-c3ccc(-c4ccc(-c5cnc([C@H]6C[C@H]7C[C@H]7N6C(=O)[C@H](C(C)C)N(C)C(=O)O)[nH]5)cc4)cc3)[nH]2)CC2C[C@H]21)C(C)C. The summed E-state index contributed by atoms with van der Waals surface area (Å²) in [5.41, 5.74) is 5.78. The molecule has 294 valence electrons. The molecular formula is C42H50N8O6. The van der Waals surface area contributed by atoms with Crippen molar-refractivity contribution in [2.75, 3.05) is 14.2 Å². The number of benzene rings is 2. The molecule has 2 aromatic heterocycles. The largest absolute Gasteiger partial charge is 0.465 e. The molecule has 14 nitrogen and oxygen atoms in total. The first kappa shape index (κ1) is 37.3. The van der Waals surface area contributed by atoms with E-state index in [0.29, 0.717) is 11.8 Å². The van der Waals surface area contributed by atoms with Gasteiger partial charge in [0.05, 0.1) is 43.0 Å². The van der Waals surface area contributed by atoms with E-state index in [-0.39, 0.29) is 47.8 Å². The van der Waals surface area contributed by atoms with Crippen LogP contribution in [0.2, 0.25) is 0 Å². The van der Waals surface area contributed by atoms with Gasteiger partial charge >= 0.3 is 12.2 Å². The summed E-state index contributed by atoms with van der Waals surface area (Å²) in [6.45, 7) is 7.59. The van der Waals surface area contributed by atoms with Crippen LogP contribution in [-0.4, -0.2) is 102 Å². The molecule has 14 heteroatoms. The molecule has 4 amide bonds. The molecule has 56 heavy (non-hydrogen) atoms. The third-order valence-corrected chi connectivity index (χ3v) is 12.3. The summed E-state index contributed by atoms with van der Waals surface area (Å²) in [5.74, 6) is 1.81. The van der Waals surface area contributed by atoms with Gasteiger partial charge in [-0.15, -0.1) is 0 Å². The predicted octanol–water partition coefficient (Wildman–Crippen LogP) is 6.47. The van der Waals surface area contributed by atoms with Crippen LogP contribution < -0.4 is 5.32 Å². The monoisotopic (exact) mass is 762 g/mol. The Kier molecular flexibility index (Phi) is 9.61. The summed E-state index contributed by atoms with van der Waals surface area (Å²) in [7, 11) is 2.76. The van der Waals surface area contributed by atoms with Crippen LogP contribution in [0.25, 0.3) is 33.6 Å². The average Bonchev–Trinajstić information content (AvgIpc) is 3.78. The molecule has 8 atom stereocenters. The number of amides is 4. The number of carbonyl (C=O) groups is 4. The number of methoxy groups -OCH3 is 1. The van der Waals surface area contributed by atoms with E-state index >= 15 is 0 Å². The fourth-order valence-electron chi connectivity index (χ4n) is 9.05. The fourth-order valence-corrected chi connectivity index (χ4v) is 9.05. The molecule has 0 spiro atoms. The van der Waals surface area contributed by atoms with Gasteiger partial charge in [0.25, 0.3) is 0 Å². The fraction of sp³-hybridized carbons (Fsp3) is 0.476. The van der Waals surface area contributed by atoms with Crippen molar-refractivity contribution >= 4 is 24.0 Å². The van der Waals surface area contributed by atoms with E-state index in [4.69, 9.17) is 14.7 Å². The summed E-state index contributed by atoms with van der Waals surface area (Å²) in [6.07, 6.45) is 5.47. The van der Waals surface area contributed by atoms with E-state index in [0.717, 1.165) is 75.9 Å². The zero-order chi connectivity index (χ0) is 39.6. The van der Waals surface area contributed by atoms with E-state index in [1.807, 2.05) is 43.7 Å². The van der Waals surface area contributed by atoms with E-state index in [9.17, 15) is 24.3 Å². The summed E-state index contributed by atoms with van der Waals surface area (Å²) in [5, 5.41) is 12.4. The predicted molar refractivity (Wildman–Crippen MR) is 208 cm³/mol. The van der Waals surface area contributed by atoms with Gasteiger partial charge in [-0.2, -0.15) is 0 Å². The number of fused-ring (bicyclic) bond motifs is 2. The van der Waals surface area contributed by atoms with Crippen molar-refractivity contribution in [2.24, 2.45) is 23.7 Å². The van der Waals surface area contributed by atoms with Crippen molar-refractivity contribution in [1.29, 1.82) is 0 Å². The molecule has 4 heterocycles. The molecule has 2 aliphatic heterocycles. The second-order valence-electron chi connectivity index (χ2n) is 16.6. The van der Waals surface area contributed by atoms with Crippen LogP contribution in [0.15, 0.2) is 60.9 Å². The molecule has 4 aliphatic rings. The normalized spacial score (nSPS) is 24.4. The van der Waals surface area contributed by atoms with Gasteiger partial charge in [0.15, 0.2) is 0 Å². The third kappa shape index (κ3) is 6.79. The Hall–Kier alpha value is -5.66. The van der Waals surface area contributed by atoms with Crippen molar-refractivity contribution in [2.45, 2.75) is 89.6 Å². The van der Waals surface area contributed by atoms with Crippen LogP contribution in [0.1, 0.15) is 77.1 Å². The van der Waals surface area contributed by atoms with Gasteiger partial charge in [0, 0.05) is 19.1 Å². The Bertz CT molecular complexity index is 2130. The number of nitrogens with zero attached hydrogens (tertiary/aromatic N) is 5. The van der Waals surface area contributed by atoms with Gasteiger partial charge in [-0.3, -0.25) is 14.5 Å². The molecule has 2 saturated heterocycles. The van der Waals surface area contributed by atoms with Crippen molar-refractivity contribution < 1.29 is 29.0 Å². The maximum atomic E-state index is 13.8. The first-order valence-corrected chi connectivity index (χ1v) is 19.6. The molecule has 4 N–H and O–H groups in total. The number of H-pyrrole nitrogens is 2. The van der Waals surface area contributed by atoms with Crippen molar-refractivity contribution in [1.82, 2.24) is 40.0 Å². The molecular weight excluding hydrogens is 713 g/mol. The van der Waals surface area contributed by atoms with Gasteiger partial charge in [0.1, 0.15) is 23.7 Å². The zero-order valence-electron chi connectivity index (χ0n) is 32.6. The molecule has 0 bridgehead atoms. The number of alkyl carbamates (subject to hydrolysis) is 1. The molecule has 2 saturated carbocycles. The first-order valence-electron chi connectivity index (χ1n) is 19.6. The highest BCUT2D eigenvalue weighted by Crippen LogP contribution is 2.54. The number of aromatic nitrogens is 4. The molecule has 1 unspecified atom stereocenters. The number of likely N-dealkylation sites (tertiary alicyclic amines) is 2. The van der Waals surface area contributed by atoms with E-state index < -0.39 is 24.3 Å². The number of ether oxygens (including phenoxy) is 1. The Balaban J connectivity index is 0.936. The summed E-state index contributed by atoms with van der Waals surface area (Å²) in [6, 6.07) is 15.0. The second kappa shape index (κ2) is 14.4. The van der Waals surface area contributed by atoms with Crippen LogP contribution >= 0.6 is 0 Å². The Morgan fingerprint density at radius 3 is 1.59 bits per heavy atom. The average molecular weight is 763 g/mol. The maximum Gasteiger partial charge on any atom is 0.407 e. The van der Waals surface area contributed by atoms with Gasteiger partial charge in [-0.25, -0.2) is 19.6 Å². The molecule has 2 aliphatic carbocycles. The third-order valence-electron chi connectivity index (χ3n) is 12.3. The van der Waals surface area contributed by atoms with Crippen molar-refractivity contribution in [3.63, 3.8) is 0 Å². The van der Waals surface area contributed by atoms with Crippen molar-refractivity contribution in [3.05, 3.63) is 72.6 Å². The highest BCUT2D eigenvalue weighted by atomic mass is 16.5. The number of carbonyl (C=O) groups excluding carboxylic acids is 3. The molecule has 4 aromatic rings. The molecule has 8 rings (SSSR count). The van der Waals surface area contributed by atoms with Gasteiger partial charge in [0.2, 0.25) is 11.8 Å². The minimum Gasteiger partial charge on any atom is -0.465 e. The van der Waals surface area contributed by atoms with Crippen LogP contribution in [0, 0.1) is 23.7 Å². The lowest BCUT2D eigenvalue weighted by atomic mass is 10.0. The van der Waals surface area contributed by atoms with Gasteiger partial charge < -0.3 is 34.9 Å². The minimum absolute atomic E-state index is 0.100. The topological polar surface area (TPSA) is 177 Å². The Morgan fingerprint density at radius 2 is 1.18 bits per heavy atom. The van der Waals surface area contributed by atoms with E-state index in [2.05, 4.69) is 63.8 Å². The maximum absolute atomic E-state index is 13.8. The van der Waals surface area contributed by atoms with Crippen LogP contribution in [0.4, 0.5) is 9.59 Å².